The minimum atomic E-state index is -0.254. The predicted molar refractivity (Wildman–Crippen MR) is 75.9 cm³/mol. The molecular formula is C16H22FNO2. The lowest BCUT2D eigenvalue weighted by Crippen LogP contribution is -2.35. The summed E-state index contributed by atoms with van der Waals surface area (Å²) in [5, 5.41) is 3.50. The SMILES string of the molecule is COc1cc(F)cc(CC2CCCCN2)c1OC1CC1. The first-order valence-corrected chi connectivity index (χ1v) is 7.52. The Morgan fingerprint density at radius 3 is 2.75 bits per heavy atom. The molecule has 0 aromatic heterocycles. The average Bonchev–Trinajstić information content (AvgIpc) is 3.26. The number of rotatable bonds is 5. The smallest absolute Gasteiger partial charge is 0.165 e. The van der Waals surface area contributed by atoms with Crippen molar-refractivity contribution in [3.05, 3.63) is 23.5 Å². The van der Waals surface area contributed by atoms with Gasteiger partial charge in [0.05, 0.1) is 13.2 Å². The van der Waals surface area contributed by atoms with Gasteiger partial charge in [0.15, 0.2) is 11.5 Å². The topological polar surface area (TPSA) is 30.5 Å². The van der Waals surface area contributed by atoms with E-state index in [1.807, 2.05) is 0 Å². The Labute approximate surface area is 119 Å². The molecule has 20 heavy (non-hydrogen) atoms. The van der Waals surface area contributed by atoms with Gasteiger partial charge in [-0.15, -0.1) is 0 Å². The van der Waals surface area contributed by atoms with E-state index in [1.165, 1.54) is 18.9 Å². The summed E-state index contributed by atoms with van der Waals surface area (Å²) >= 11 is 0. The lowest BCUT2D eigenvalue weighted by molar-refractivity contribution is 0.275. The van der Waals surface area contributed by atoms with Gasteiger partial charge in [-0.05, 0) is 44.7 Å². The van der Waals surface area contributed by atoms with Gasteiger partial charge in [-0.25, -0.2) is 4.39 Å². The third-order valence-corrected chi connectivity index (χ3v) is 4.00. The summed E-state index contributed by atoms with van der Waals surface area (Å²) in [6.45, 7) is 1.05. The molecule has 1 unspecified atom stereocenters. The molecule has 1 aliphatic carbocycles. The molecule has 1 saturated heterocycles. The van der Waals surface area contributed by atoms with Crippen LogP contribution in [0.3, 0.4) is 0 Å². The molecule has 0 spiro atoms. The lowest BCUT2D eigenvalue weighted by atomic mass is 9.97. The summed E-state index contributed by atoms with van der Waals surface area (Å²) in [6.07, 6.45) is 6.87. The Morgan fingerprint density at radius 1 is 1.25 bits per heavy atom. The van der Waals surface area contributed by atoms with Gasteiger partial charge in [0.25, 0.3) is 0 Å². The maximum atomic E-state index is 13.7. The van der Waals surface area contributed by atoms with Gasteiger partial charge < -0.3 is 14.8 Å². The third kappa shape index (κ3) is 3.23. The monoisotopic (exact) mass is 279 g/mol. The number of piperidine rings is 1. The zero-order valence-electron chi connectivity index (χ0n) is 12.0. The summed E-state index contributed by atoms with van der Waals surface area (Å²) in [6, 6.07) is 3.42. The number of hydrogen-bond acceptors (Lipinski definition) is 3. The van der Waals surface area contributed by atoms with E-state index in [0.717, 1.165) is 43.5 Å². The van der Waals surface area contributed by atoms with Crippen LogP contribution in [0.1, 0.15) is 37.7 Å². The van der Waals surface area contributed by atoms with Crippen molar-refractivity contribution in [2.75, 3.05) is 13.7 Å². The van der Waals surface area contributed by atoms with Crippen molar-refractivity contribution in [1.29, 1.82) is 0 Å². The van der Waals surface area contributed by atoms with E-state index < -0.39 is 0 Å². The van der Waals surface area contributed by atoms with Gasteiger partial charge in [0.2, 0.25) is 0 Å². The molecule has 2 fully saturated rings. The maximum absolute atomic E-state index is 13.7. The fourth-order valence-corrected chi connectivity index (χ4v) is 2.78. The highest BCUT2D eigenvalue weighted by Crippen LogP contribution is 2.38. The van der Waals surface area contributed by atoms with Crippen LogP contribution in [-0.2, 0) is 6.42 Å². The second kappa shape index (κ2) is 6.00. The van der Waals surface area contributed by atoms with Crippen molar-refractivity contribution in [1.82, 2.24) is 5.32 Å². The summed E-state index contributed by atoms with van der Waals surface area (Å²) in [4.78, 5) is 0. The Morgan fingerprint density at radius 2 is 2.10 bits per heavy atom. The zero-order valence-corrected chi connectivity index (χ0v) is 12.0. The molecule has 0 amide bonds. The Hall–Kier alpha value is -1.29. The Balaban J connectivity index is 1.83. The summed E-state index contributed by atoms with van der Waals surface area (Å²) in [5.74, 6) is 1.00. The van der Waals surface area contributed by atoms with E-state index in [2.05, 4.69) is 5.32 Å². The van der Waals surface area contributed by atoms with Crippen molar-refractivity contribution in [3.63, 3.8) is 0 Å². The summed E-state index contributed by atoms with van der Waals surface area (Å²) < 4.78 is 25.0. The molecule has 1 saturated carbocycles. The molecule has 1 atom stereocenters. The highest BCUT2D eigenvalue weighted by Gasteiger charge is 2.27. The number of benzene rings is 1. The van der Waals surface area contributed by atoms with Crippen LogP contribution in [-0.4, -0.2) is 25.8 Å². The summed E-state index contributed by atoms with van der Waals surface area (Å²) in [7, 11) is 1.57. The average molecular weight is 279 g/mol. The molecule has 1 aliphatic heterocycles. The first-order valence-electron chi connectivity index (χ1n) is 7.52. The van der Waals surface area contributed by atoms with E-state index in [4.69, 9.17) is 9.47 Å². The standard InChI is InChI=1S/C16H22FNO2/c1-19-15-10-12(17)8-11(16(15)20-14-5-6-14)9-13-4-2-3-7-18-13/h8,10,13-14,18H,2-7,9H2,1H3. The quantitative estimate of drug-likeness (QED) is 0.898. The molecule has 1 aromatic rings. The molecule has 3 nitrogen and oxygen atoms in total. The van der Waals surface area contributed by atoms with Crippen LogP contribution in [0, 0.1) is 5.82 Å². The van der Waals surface area contributed by atoms with Crippen molar-refractivity contribution in [2.24, 2.45) is 0 Å². The molecule has 110 valence electrons. The number of methoxy groups -OCH3 is 1. The van der Waals surface area contributed by atoms with E-state index in [1.54, 1.807) is 13.2 Å². The normalized spacial score (nSPS) is 22.6. The second-order valence-electron chi connectivity index (χ2n) is 5.76. The Kier molecular flexibility index (Phi) is 4.10. The summed E-state index contributed by atoms with van der Waals surface area (Å²) in [5.41, 5.74) is 0.924. The lowest BCUT2D eigenvalue weighted by Gasteiger charge is -2.25. The van der Waals surface area contributed by atoms with Crippen LogP contribution in [0.5, 0.6) is 11.5 Å². The molecule has 1 N–H and O–H groups in total. The highest BCUT2D eigenvalue weighted by atomic mass is 19.1. The minimum absolute atomic E-state index is 0.254. The number of halogens is 1. The fourth-order valence-electron chi connectivity index (χ4n) is 2.78. The van der Waals surface area contributed by atoms with Crippen molar-refractivity contribution >= 4 is 0 Å². The van der Waals surface area contributed by atoms with Gasteiger partial charge in [-0.1, -0.05) is 6.42 Å². The number of nitrogens with one attached hydrogen (secondary N) is 1. The van der Waals surface area contributed by atoms with Gasteiger partial charge >= 0.3 is 0 Å². The van der Waals surface area contributed by atoms with Crippen LogP contribution < -0.4 is 14.8 Å². The van der Waals surface area contributed by atoms with Crippen molar-refractivity contribution in [2.45, 2.75) is 50.7 Å². The second-order valence-corrected chi connectivity index (χ2v) is 5.76. The van der Waals surface area contributed by atoms with Crippen LogP contribution in [0.25, 0.3) is 0 Å². The molecule has 1 heterocycles. The van der Waals surface area contributed by atoms with Crippen molar-refractivity contribution < 1.29 is 13.9 Å². The Bertz CT molecular complexity index is 468. The van der Waals surface area contributed by atoms with Crippen LogP contribution >= 0.6 is 0 Å². The molecule has 1 aromatic carbocycles. The van der Waals surface area contributed by atoms with Crippen LogP contribution in [0.2, 0.25) is 0 Å². The molecular weight excluding hydrogens is 257 g/mol. The molecule has 0 bridgehead atoms. The van der Waals surface area contributed by atoms with Gasteiger partial charge in [-0.2, -0.15) is 0 Å². The number of hydrogen-bond donors (Lipinski definition) is 1. The fraction of sp³-hybridized carbons (Fsp3) is 0.625. The zero-order chi connectivity index (χ0) is 13.9. The van der Waals surface area contributed by atoms with Crippen molar-refractivity contribution in [3.8, 4) is 11.5 Å². The predicted octanol–water partition coefficient (Wildman–Crippen LogP) is 3.06. The largest absolute Gasteiger partial charge is 0.493 e. The van der Waals surface area contributed by atoms with E-state index in [9.17, 15) is 4.39 Å². The minimum Gasteiger partial charge on any atom is -0.493 e. The van der Waals surface area contributed by atoms with Gasteiger partial charge in [0.1, 0.15) is 5.82 Å². The van der Waals surface area contributed by atoms with Gasteiger partial charge in [0, 0.05) is 17.7 Å². The highest BCUT2D eigenvalue weighted by molar-refractivity contribution is 5.48. The maximum Gasteiger partial charge on any atom is 0.165 e. The van der Waals surface area contributed by atoms with Crippen LogP contribution in [0.15, 0.2) is 12.1 Å². The van der Waals surface area contributed by atoms with E-state index in [-0.39, 0.29) is 11.9 Å². The third-order valence-electron chi connectivity index (χ3n) is 4.00. The molecule has 0 radical (unpaired) electrons. The van der Waals surface area contributed by atoms with Crippen LogP contribution in [0.4, 0.5) is 4.39 Å². The molecule has 3 rings (SSSR count). The first kappa shape index (κ1) is 13.7. The molecule has 2 aliphatic rings. The number of ether oxygens (including phenoxy) is 2. The van der Waals surface area contributed by atoms with E-state index >= 15 is 0 Å². The van der Waals surface area contributed by atoms with Gasteiger partial charge in [-0.3, -0.25) is 0 Å². The first-order chi connectivity index (χ1) is 9.76. The molecule has 4 heteroatoms. The van der Waals surface area contributed by atoms with E-state index in [0.29, 0.717) is 11.8 Å².